The summed E-state index contributed by atoms with van der Waals surface area (Å²) in [5, 5.41) is 16.1. The molecule has 1 aromatic carbocycles. The van der Waals surface area contributed by atoms with Gasteiger partial charge >= 0.3 is 12.0 Å². The molecule has 11 nitrogen and oxygen atoms in total. The van der Waals surface area contributed by atoms with Crippen molar-refractivity contribution in [1.82, 2.24) is 15.5 Å². The zero-order valence-corrected chi connectivity index (χ0v) is 21.2. The molecule has 0 unspecified atom stereocenters. The predicted molar refractivity (Wildman–Crippen MR) is 131 cm³/mol. The minimum Gasteiger partial charge on any atom is -0.491 e. The van der Waals surface area contributed by atoms with Gasteiger partial charge in [-0.05, 0) is 38.0 Å². The first kappa shape index (κ1) is 28.1. The number of hydrogen-bond acceptors (Lipinski definition) is 9. The van der Waals surface area contributed by atoms with Crippen LogP contribution in [-0.4, -0.2) is 106 Å². The zero-order chi connectivity index (χ0) is 25.8. The fraction of sp³-hybridized carbons (Fsp3) is 0.680. The van der Waals surface area contributed by atoms with Gasteiger partial charge in [0.2, 0.25) is 0 Å². The van der Waals surface area contributed by atoms with Crippen LogP contribution in [0.1, 0.15) is 25.8 Å². The average Bonchev–Trinajstić information content (AvgIpc) is 3.24. The van der Waals surface area contributed by atoms with E-state index in [1.54, 1.807) is 4.90 Å². The van der Waals surface area contributed by atoms with Crippen LogP contribution in [0.25, 0.3) is 0 Å². The summed E-state index contributed by atoms with van der Waals surface area (Å²) in [6, 6.07) is 7.29. The van der Waals surface area contributed by atoms with Crippen LogP contribution in [0, 0.1) is 0 Å². The van der Waals surface area contributed by atoms with E-state index in [0.29, 0.717) is 64.7 Å². The summed E-state index contributed by atoms with van der Waals surface area (Å²) >= 11 is 0. The van der Waals surface area contributed by atoms with Crippen LogP contribution in [0.3, 0.4) is 0 Å². The van der Waals surface area contributed by atoms with Gasteiger partial charge in [-0.1, -0.05) is 12.1 Å². The summed E-state index contributed by atoms with van der Waals surface area (Å²) < 4.78 is 27.2. The third-order valence-electron chi connectivity index (χ3n) is 5.69. The first-order valence-electron chi connectivity index (χ1n) is 12.5. The van der Waals surface area contributed by atoms with E-state index in [9.17, 15) is 14.7 Å². The van der Waals surface area contributed by atoms with Crippen molar-refractivity contribution in [2.45, 2.75) is 44.7 Å². The highest BCUT2D eigenvalue weighted by atomic mass is 16.7. The summed E-state index contributed by atoms with van der Waals surface area (Å²) in [5.41, 5.74) is 0.630. The van der Waals surface area contributed by atoms with Gasteiger partial charge in [0.1, 0.15) is 25.1 Å². The maximum Gasteiger partial charge on any atom is 0.317 e. The van der Waals surface area contributed by atoms with Crippen LogP contribution < -0.4 is 15.4 Å². The Morgan fingerprint density at radius 2 is 1.94 bits per heavy atom. The van der Waals surface area contributed by atoms with Crippen LogP contribution in [-0.2, 0) is 30.2 Å². The zero-order valence-electron chi connectivity index (χ0n) is 21.2. The number of aliphatic hydroxyl groups excluding tert-OH is 1. The van der Waals surface area contributed by atoms with Crippen molar-refractivity contribution in [2.24, 2.45) is 0 Å². The molecule has 2 aliphatic heterocycles. The average molecular weight is 510 g/mol. The number of aliphatic hydroxyl groups is 1. The molecule has 0 aliphatic carbocycles. The number of hydrogen-bond donors (Lipinski definition) is 3. The number of amides is 2. The number of carbonyl (C=O) groups excluding carboxylic acids is 2. The monoisotopic (exact) mass is 509 g/mol. The molecule has 2 amide bonds. The van der Waals surface area contributed by atoms with E-state index in [2.05, 4.69) is 10.6 Å². The van der Waals surface area contributed by atoms with Crippen molar-refractivity contribution in [2.75, 3.05) is 65.8 Å². The molecular weight excluding hydrogens is 470 g/mol. The van der Waals surface area contributed by atoms with Crippen molar-refractivity contribution >= 4 is 12.0 Å². The minimum absolute atomic E-state index is 0.0926. The van der Waals surface area contributed by atoms with Crippen molar-refractivity contribution < 1.29 is 38.4 Å². The van der Waals surface area contributed by atoms with Gasteiger partial charge < -0.3 is 44.3 Å². The van der Waals surface area contributed by atoms with Gasteiger partial charge in [-0.3, -0.25) is 4.79 Å². The normalized spacial score (nSPS) is 20.1. The van der Waals surface area contributed by atoms with Gasteiger partial charge in [-0.15, -0.1) is 0 Å². The molecule has 2 fully saturated rings. The Bertz CT molecular complexity index is 814. The maximum absolute atomic E-state index is 12.0. The fourth-order valence-corrected chi connectivity index (χ4v) is 3.69. The van der Waals surface area contributed by atoms with Crippen LogP contribution in [0.15, 0.2) is 24.3 Å². The lowest BCUT2D eigenvalue weighted by Crippen LogP contribution is -2.47. The molecular formula is C25H39N3O8. The lowest BCUT2D eigenvalue weighted by molar-refractivity contribution is -0.160. The number of morpholine rings is 1. The van der Waals surface area contributed by atoms with E-state index >= 15 is 0 Å². The van der Waals surface area contributed by atoms with Crippen LogP contribution >= 0.6 is 0 Å². The number of aryl methyl sites for hydroxylation is 1. The number of benzene rings is 1. The third kappa shape index (κ3) is 10.3. The molecule has 2 atom stereocenters. The Labute approximate surface area is 212 Å². The van der Waals surface area contributed by atoms with Crippen LogP contribution in [0.4, 0.5) is 4.79 Å². The summed E-state index contributed by atoms with van der Waals surface area (Å²) in [6.45, 7) is 8.28. The summed E-state index contributed by atoms with van der Waals surface area (Å²) in [4.78, 5) is 25.7. The van der Waals surface area contributed by atoms with E-state index in [1.807, 2.05) is 38.1 Å². The van der Waals surface area contributed by atoms with Crippen molar-refractivity contribution in [3.05, 3.63) is 29.8 Å². The largest absolute Gasteiger partial charge is 0.491 e. The Morgan fingerprint density at radius 3 is 2.64 bits per heavy atom. The summed E-state index contributed by atoms with van der Waals surface area (Å²) in [5.74, 6) is 0.333. The van der Waals surface area contributed by atoms with Gasteiger partial charge in [0.15, 0.2) is 6.29 Å². The number of ether oxygens (including phenoxy) is 5. The van der Waals surface area contributed by atoms with E-state index in [4.69, 9.17) is 23.7 Å². The summed E-state index contributed by atoms with van der Waals surface area (Å²) in [7, 11) is 0. The second-order valence-corrected chi connectivity index (χ2v) is 9.45. The Kier molecular flexibility index (Phi) is 11.2. The number of esters is 1. The first-order chi connectivity index (χ1) is 17.3. The molecule has 1 aromatic rings. The number of nitrogens with zero attached hydrogens (tertiary/aromatic N) is 1. The molecule has 3 rings (SSSR count). The second kappa shape index (κ2) is 14.3. The van der Waals surface area contributed by atoms with Crippen molar-refractivity contribution in [3.8, 4) is 5.75 Å². The second-order valence-electron chi connectivity index (χ2n) is 9.45. The highest BCUT2D eigenvalue weighted by Crippen LogP contribution is 2.22. The molecule has 36 heavy (non-hydrogen) atoms. The number of urea groups is 1. The number of carbonyl (C=O) groups is 2. The number of rotatable bonds is 13. The highest BCUT2D eigenvalue weighted by Gasteiger charge is 2.33. The molecule has 2 saturated heterocycles. The third-order valence-corrected chi connectivity index (χ3v) is 5.69. The van der Waals surface area contributed by atoms with E-state index in [1.165, 1.54) is 0 Å². The Morgan fingerprint density at radius 1 is 1.19 bits per heavy atom. The molecule has 0 radical (unpaired) electrons. The minimum atomic E-state index is -0.687. The maximum atomic E-state index is 12.0. The van der Waals surface area contributed by atoms with Crippen molar-refractivity contribution in [3.63, 3.8) is 0 Å². The molecule has 0 spiro atoms. The van der Waals surface area contributed by atoms with Gasteiger partial charge in [0.05, 0.1) is 25.4 Å². The van der Waals surface area contributed by atoms with Gasteiger partial charge in [-0.2, -0.15) is 0 Å². The van der Waals surface area contributed by atoms with E-state index in [-0.39, 0.29) is 37.2 Å². The Hall–Kier alpha value is -2.44. The van der Waals surface area contributed by atoms with Gasteiger partial charge in [0.25, 0.3) is 0 Å². The molecule has 202 valence electrons. The first-order valence-corrected chi connectivity index (χ1v) is 12.5. The predicted octanol–water partition coefficient (Wildman–Crippen LogP) is 0.685. The van der Waals surface area contributed by atoms with Gasteiger partial charge in [-0.25, -0.2) is 4.79 Å². The van der Waals surface area contributed by atoms with Gasteiger partial charge in [0, 0.05) is 39.1 Å². The molecule has 0 bridgehead atoms. The van der Waals surface area contributed by atoms with E-state index < -0.39 is 12.4 Å². The quantitative estimate of drug-likeness (QED) is 0.260. The standard InChI is InChI=1S/C25H39N3O8/c1-25(2)18-35-23(36-25)17-34-22(30)8-5-19-3-6-21(7-4-19)33-16-20(29)15-26-9-10-27-24(31)28-11-13-32-14-12-28/h3-4,6-7,20,23,26,29H,5,8-18H2,1-2H3,(H,27,31)/t20-,23-/m0/s1. The van der Waals surface area contributed by atoms with Crippen LogP contribution in [0.2, 0.25) is 0 Å². The molecule has 2 aliphatic rings. The molecule has 0 saturated carbocycles. The van der Waals surface area contributed by atoms with E-state index in [0.717, 1.165) is 5.56 Å². The molecule has 0 aromatic heterocycles. The van der Waals surface area contributed by atoms with Crippen molar-refractivity contribution in [1.29, 1.82) is 0 Å². The Balaban J connectivity index is 1.21. The molecule has 3 N–H and O–H groups in total. The molecule has 2 heterocycles. The lowest BCUT2D eigenvalue weighted by Gasteiger charge is -2.27. The topological polar surface area (TPSA) is 128 Å². The lowest BCUT2D eigenvalue weighted by atomic mass is 10.1. The SMILES string of the molecule is CC1(C)CO[C@H](COC(=O)CCc2ccc(OC[C@@H](O)CNCCNC(=O)N3CCOCC3)cc2)O1. The summed E-state index contributed by atoms with van der Waals surface area (Å²) in [6.07, 6.45) is -0.390. The molecule has 11 heteroatoms. The fourth-order valence-electron chi connectivity index (χ4n) is 3.69. The van der Waals surface area contributed by atoms with Crippen LogP contribution in [0.5, 0.6) is 5.75 Å². The number of nitrogens with one attached hydrogen (secondary N) is 2. The highest BCUT2D eigenvalue weighted by molar-refractivity contribution is 5.74. The smallest absolute Gasteiger partial charge is 0.317 e.